The Bertz CT molecular complexity index is 918. The van der Waals surface area contributed by atoms with Crippen LogP contribution in [0.2, 0.25) is 0 Å². The van der Waals surface area contributed by atoms with Crippen molar-refractivity contribution in [3.8, 4) is 5.75 Å². The Morgan fingerprint density at radius 1 is 1.22 bits per heavy atom. The number of carbonyl (C=O) groups is 1. The van der Waals surface area contributed by atoms with Gasteiger partial charge in [-0.15, -0.1) is 11.3 Å². The molecule has 2 rings (SSSR count). The number of hydrogen-bond acceptors (Lipinski definition) is 5. The van der Waals surface area contributed by atoms with Crippen LogP contribution in [0.1, 0.15) is 40.4 Å². The maximum absolute atomic E-state index is 12.6. The maximum atomic E-state index is 12.6. The summed E-state index contributed by atoms with van der Waals surface area (Å²) in [5, 5.41) is 2.79. The number of rotatable bonds is 8. The average molecular weight is 411 g/mol. The quantitative estimate of drug-likeness (QED) is 0.716. The topological polar surface area (TPSA) is 75.7 Å². The van der Waals surface area contributed by atoms with E-state index in [0.29, 0.717) is 17.2 Å². The summed E-state index contributed by atoms with van der Waals surface area (Å²) in [6.45, 7) is 6.24. The summed E-state index contributed by atoms with van der Waals surface area (Å²) < 4.78 is 31.8. The fourth-order valence-electron chi connectivity index (χ4n) is 2.60. The molecule has 0 spiro atoms. The summed E-state index contributed by atoms with van der Waals surface area (Å²) >= 11 is 1.44. The van der Waals surface area contributed by atoms with Gasteiger partial charge in [-0.25, -0.2) is 12.7 Å². The van der Waals surface area contributed by atoms with Crippen molar-refractivity contribution in [1.29, 1.82) is 0 Å². The molecule has 1 aromatic heterocycles. The van der Waals surface area contributed by atoms with Gasteiger partial charge in [0.05, 0.1) is 11.5 Å². The van der Waals surface area contributed by atoms with Gasteiger partial charge in [0.15, 0.2) is 0 Å². The van der Waals surface area contributed by atoms with E-state index >= 15 is 0 Å². The fraction of sp³-hybridized carbons (Fsp3) is 0.421. The predicted molar refractivity (Wildman–Crippen MR) is 109 cm³/mol. The fourth-order valence-corrected chi connectivity index (χ4v) is 4.62. The first-order chi connectivity index (χ1) is 12.7. The highest BCUT2D eigenvalue weighted by Gasteiger charge is 2.23. The molecule has 0 saturated heterocycles. The zero-order chi connectivity index (χ0) is 20.2. The molecule has 27 heavy (non-hydrogen) atoms. The zero-order valence-electron chi connectivity index (χ0n) is 16.3. The van der Waals surface area contributed by atoms with Gasteiger partial charge in [-0.1, -0.05) is 13.3 Å². The van der Waals surface area contributed by atoms with Gasteiger partial charge in [0.1, 0.15) is 10.6 Å². The standard InChI is InChI=1S/C19H26N2O4S2/c1-6-8-14-11-17(26-13(14)3)19(22)20-15-9-10-16(25-7-2)18(12-15)27(23,24)21(4)5/h9-12H,6-8H2,1-5H3,(H,20,22). The number of anilines is 1. The van der Waals surface area contributed by atoms with Crippen molar-refractivity contribution in [2.75, 3.05) is 26.0 Å². The van der Waals surface area contributed by atoms with Crippen LogP contribution in [0.5, 0.6) is 5.75 Å². The highest BCUT2D eigenvalue weighted by atomic mass is 32.2. The highest BCUT2D eigenvalue weighted by Crippen LogP contribution is 2.30. The molecule has 2 aromatic rings. The number of hydrogen-bond donors (Lipinski definition) is 1. The molecule has 0 atom stereocenters. The monoisotopic (exact) mass is 410 g/mol. The lowest BCUT2D eigenvalue weighted by atomic mass is 10.1. The Hall–Kier alpha value is -1.90. The van der Waals surface area contributed by atoms with Gasteiger partial charge in [0, 0.05) is 24.7 Å². The first-order valence-electron chi connectivity index (χ1n) is 8.80. The molecule has 0 bridgehead atoms. The number of nitrogens with zero attached hydrogens (tertiary/aromatic N) is 1. The summed E-state index contributed by atoms with van der Waals surface area (Å²) in [5.74, 6) is 0.0178. The van der Waals surface area contributed by atoms with E-state index in [1.807, 2.05) is 13.0 Å². The lowest BCUT2D eigenvalue weighted by molar-refractivity contribution is 0.103. The number of aryl methyl sites for hydroxylation is 2. The summed E-state index contributed by atoms with van der Waals surface area (Å²) in [6.07, 6.45) is 1.95. The van der Waals surface area contributed by atoms with E-state index in [1.165, 1.54) is 37.1 Å². The van der Waals surface area contributed by atoms with Gasteiger partial charge in [-0.2, -0.15) is 0 Å². The number of sulfonamides is 1. The molecule has 148 valence electrons. The smallest absolute Gasteiger partial charge is 0.265 e. The summed E-state index contributed by atoms with van der Waals surface area (Å²) in [6, 6.07) is 6.55. The minimum atomic E-state index is -3.70. The summed E-state index contributed by atoms with van der Waals surface area (Å²) in [5.41, 5.74) is 1.59. The molecule has 0 saturated carbocycles. The molecule has 0 aliphatic heterocycles. The van der Waals surface area contributed by atoms with E-state index in [4.69, 9.17) is 4.74 Å². The van der Waals surface area contributed by atoms with Crippen molar-refractivity contribution in [2.45, 2.75) is 38.5 Å². The molecular formula is C19H26N2O4S2. The van der Waals surface area contributed by atoms with Crippen LogP contribution in [0, 0.1) is 6.92 Å². The Morgan fingerprint density at radius 2 is 1.93 bits per heavy atom. The molecule has 1 aromatic carbocycles. The van der Waals surface area contributed by atoms with E-state index in [2.05, 4.69) is 12.2 Å². The number of carbonyl (C=O) groups excluding carboxylic acids is 1. The molecule has 0 unspecified atom stereocenters. The molecule has 1 heterocycles. The van der Waals surface area contributed by atoms with E-state index in [-0.39, 0.29) is 16.6 Å². The summed E-state index contributed by atoms with van der Waals surface area (Å²) in [7, 11) is -0.786. The molecule has 0 aliphatic rings. The number of nitrogens with one attached hydrogen (secondary N) is 1. The molecule has 6 nitrogen and oxygen atoms in total. The Labute approximate surface area is 165 Å². The second-order valence-corrected chi connectivity index (χ2v) is 9.65. The molecule has 0 aliphatic carbocycles. The van der Waals surface area contributed by atoms with Crippen molar-refractivity contribution >= 4 is 33.0 Å². The van der Waals surface area contributed by atoms with Gasteiger partial charge in [0.25, 0.3) is 5.91 Å². The minimum Gasteiger partial charge on any atom is -0.492 e. The predicted octanol–water partition coefficient (Wildman–Crippen LogP) is 3.91. The largest absolute Gasteiger partial charge is 0.492 e. The normalized spacial score (nSPS) is 11.6. The van der Waals surface area contributed by atoms with Crippen LogP contribution in [-0.2, 0) is 16.4 Å². The van der Waals surface area contributed by atoms with E-state index in [0.717, 1.165) is 22.0 Å². The number of ether oxygens (including phenoxy) is 1. The van der Waals surface area contributed by atoms with Crippen LogP contribution in [0.3, 0.4) is 0 Å². The zero-order valence-corrected chi connectivity index (χ0v) is 18.0. The SMILES string of the molecule is CCCc1cc(C(=O)Nc2ccc(OCC)c(S(=O)(=O)N(C)C)c2)sc1C. The van der Waals surface area contributed by atoms with Gasteiger partial charge < -0.3 is 10.1 Å². The molecule has 1 N–H and O–H groups in total. The van der Waals surface area contributed by atoms with Gasteiger partial charge in [-0.05, 0) is 50.1 Å². The van der Waals surface area contributed by atoms with Crippen LogP contribution < -0.4 is 10.1 Å². The van der Waals surface area contributed by atoms with Crippen LogP contribution >= 0.6 is 11.3 Å². The third-order valence-corrected chi connectivity index (χ3v) is 6.95. The number of benzene rings is 1. The van der Waals surface area contributed by atoms with Crippen molar-refractivity contribution in [3.05, 3.63) is 39.6 Å². The average Bonchev–Trinajstić information content (AvgIpc) is 2.97. The Balaban J connectivity index is 2.34. The Morgan fingerprint density at radius 3 is 2.52 bits per heavy atom. The van der Waals surface area contributed by atoms with Crippen LogP contribution in [0.25, 0.3) is 0 Å². The van der Waals surface area contributed by atoms with Crippen molar-refractivity contribution in [1.82, 2.24) is 4.31 Å². The van der Waals surface area contributed by atoms with Crippen molar-refractivity contribution in [3.63, 3.8) is 0 Å². The van der Waals surface area contributed by atoms with Crippen molar-refractivity contribution in [2.24, 2.45) is 0 Å². The summed E-state index contributed by atoms with van der Waals surface area (Å²) in [4.78, 5) is 14.4. The van der Waals surface area contributed by atoms with Crippen LogP contribution in [-0.4, -0.2) is 39.3 Å². The van der Waals surface area contributed by atoms with Crippen LogP contribution in [0.4, 0.5) is 5.69 Å². The highest BCUT2D eigenvalue weighted by molar-refractivity contribution is 7.89. The molecule has 0 radical (unpaired) electrons. The second-order valence-electron chi connectivity index (χ2n) is 6.28. The number of amides is 1. The third kappa shape index (κ3) is 4.88. The van der Waals surface area contributed by atoms with Gasteiger partial charge in [0.2, 0.25) is 10.0 Å². The van der Waals surface area contributed by atoms with Gasteiger partial charge in [-0.3, -0.25) is 4.79 Å². The molecule has 1 amide bonds. The lowest BCUT2D eigenvalue weighted by Crippen LogP contribution is -2.23. The molecular weight excluding hydrogens is 384 g/mol. The third-order valence-electron chi connectivity index (χ3n) is 4.02. The van der Waals surface area contributed by atoms with Gasteiger partial charge >= 0.3 is 0 Å². The van der Waals surface area contributed by atoms with E-state index in [9.17, 15) is 13.2 Å². The molecule has 0 fully saturated rings. The molecule has 8 heteroatoms. The van der Waals surface area contributed by atoms with Crippen molar-refractivity contribution < 1.29 is 17.9 Å². The Kier molecular flexibility index (Phi) is 7.02. The first kappa shape index (κ1) is 21.4. The second kappa shape index (κ2) is 8.86. The maximum Gasteiger partial charge on any atom is 0.265 e. The first-order valence-corrected chi connectivity index (χ1v) is 11.1. The van der Waals surface area contributed by atoms with E-state index in [1.54, 1.807) is 19.1 Å². The van der Waals surface area contributed by atoms with E-state index < -0.39 is 10.0 Å². The minimum absolute atomic E-state index is 0.0289. The van der Waals surface area contributed by atoms with Crippen LogP contribution in [0.15, 0.2) is 29.2 Å². The lowest BCUT2D eigenvalue weighted by Gasteiger charge is -2.16. The number of thiophene rings is 1.